The Morgan fingerprint density at radius 3 is 2.71 bits per heavy atom. The Bertz CT molecular complexity index is 996. The van der Waals surface area contributed by atoms with Gasteiger partial charge in [0.25, 0.3) is 0 Å². The highest BCUT2D eigenvalue weighted by Crippen LogP contribution is 2.23. The van der Waals surface area contributed by atoms with Crippen LogP contribution in [-0.2, 0) is 4.79 Å². The molecule has 0 aliphatic heterocycles. The van der Waals surface area contributed by atoms with Crippen molar-refractivity contribution in [1.29, 1.82) is 5.26 Å². The molecule has 0 radical (unpaired) electrons. The second kappa shape index (κ2) is 9.15. The number of benzene rings is 2. The molecule has 0 bridgehead atoms. The summed E-state index contributed by atoms with van der Waals surface area (Å²) in [5.74, 6) is -0.129. The normalized spacial score (nSPS) is 10.5. The summed E-state index contributed by atoms with van der Waals surface area (Å²) in [6.07, 6.45) is 0.238. The van der Waals surface area contributed by atoms with Gasteiger partial charge in [0, 0.05) is 12.2 Å². The number of rotatable bonds is 7. The largest absolute Gasteiger partial charge is 0.311 e. The third-order valence-electron chi connectivity index (χ3n) is 4.01. The summed E-state index contributed by atoms with van der Waals surface area (Å²) >= 11 is 1.16. The number of carbonyl (C=O) groups excluding carboxylic acids is 1. The van der Waals surface area contributed by atoms with Crippen molar-refractivity contribution in [2.45, 2.75) is 18.5 Å². The number of amides is 1. The number of anilines is 1. The highest BCUT2D eigenvalue weighted by molar-refractivity contribution is 7.99. The number of H-pyrrole nitrogens is 1. The minimum atomic E-state index is -0.395. The van der Waals surface area contributed by atoms with Crippen LogP contribution in [0.25, 0.3) is 11.4 Å². The molecule has 0 aliphatic rings. The first-order valence-corrected chi connectivity index (χ1v) is 9.61. The summed E-state index contributed by atoms with van der Waals surface area (Å²) in [4.78, 5) is 18.5. The standard InChI is InChI=1S/C20H18FN5OS/c1-14-7-9-15(10-8-14)26(12-4-11-22)18(27)13-28-20-23-19(24-25-20)16-5-2-3-6-17(16)21/h2-3,5-10H,4,12-13H2,1H3,(H,23,24,25). The average Bonchev–Trinajstić information content (AvgIpc) is 3.17. The van der Waals surface area contributed by atoms with E-state index in [4.69, 9.17) is 5.26 Å². The molecule has 1 aromatic heterocycles. The zero-order valence-electron chi connectivity index (χ0n) is 15.2. The SMILES string of the molecule is Cc1ccc(N(CCC#N)C(=O)CSc2n[nH]c(-c3ccccc3F)n2)cc1. The van der Waals surface area contributed by atoms with Crippen LogP contribution in [0.1, 0.15) is 12.0 Å². The van der Waals surface area contributed by atoms with E-state index in [1.165, 1.54) is 6.07 Å². The predicted molar refractivity (Wildman–Crippen MR) is 106 cm³/mol. The van der Waals surface area contributed by atoms with Gasteiger partial charge < -0.3 is 4.90 Å². The maximum Gasteiger partial charge on any atom is 0.237 e. The number of hydrogen-bond donors (Lipinski definition) is 1. The van der Waals surface area contributed by atoms with Crippen molar-refractivity contribution in [3.63, 3.8) is 0 Å². The van der Waals surface area contributed by atoms with Crippen LogP contribution >= 0.6 is 11.8 Å². The van der Waals surface area contributed by atoms with Crippen LogP contribution in [0.4, 0.5) is 10.1 Å². The van der Waals surface area contributed by atoms with Crippen molar-refractivity contribution in [3.05, 3.63) is 59.9 Å². The van der Waals surface area contributed by atoms with Gasteiger partial charge in [-0.2, -0.15) is 5.26 Å². The van der Waals surface area contributed by atoms with Gasteiger partial charge in [0.2, 0.25) is 11.1 Å². The number of nitrogens with zero attached hydrogens (tertiary/aromatic N) is 4. The Morgan fingerprint density at radius 2 is 2.00 bits per heavy atom. The topological polar surface area (TPSA) is 85.7 Å². The molecule has 3 rings (SSSR count). The van der Waals surface area contributed by atoms with Gasteiger partial charge in [-0.1, -0.05) is 41.6 Å². The van der Waals surface area contributed by atoms with E-state index in [1.54, 1.807) is 23.1 Å². The second-order valence-corrected chi connectivity index (χ2v) is 6.97. The van der Waals surface area contributed by atoms with Crippen LogP contribution in [0, 0.1) is 24.1 Å². The summed E-state index contributed by atoms with van der Waals surface area (Å²) in [6.45, 7) is 2.28. The molecular formula is C20H18FN5OS. The number of aromatic amines is 1. The first-order chi connectivity index (χ1) is 13.6. The lowest BCUT2D eigenvalue weighted by atomic mass is 10.2. The number of nitriles is 1. The Morgan fingerprint density at radius 1 is 1.25 bits per heavy atom. The summed E-state index contributed by atoms with van der Waals surface area (Å²) in [7, 11) is 0. The Kier molecular flexibility index (Phi) is 6.40. The van der Waals surface area contributed by atoms with Crippen LogP contribution < -0.4 is 4.90 Å². The zero-order chi connectivity index (χ0) is 19.9. The number of aryl methyl sites for hydroxylation is 1. The molecule has 1 amide bonds. The van der Waals surface area contributed by atoms with Crippen LogP contribution in [0.5, 0.6) is 0 Å². The van der Waals surface area contributed by atoms with E-state index < -0.39 is 5.82 Å². The van der Waals surface area contributed by atoms with Crippen LogP contribution in [0.15, 0.2) is 53.7 Å². The number of halogens is 1. The first-order valence-electron chi connectivity index (χ1n) is 8.62. The van der Waals surface area contributed by atoms with E-state index in [0.717, 1.165) is 23.0 Å². The van der Waals surface area contributed by atoms with Crippen LogP contribution in [0.2, 0.25) is 0 Å². The molecule has 6 nitrogen and oxygen atoms in total. The van der Waals surface area contributed by atoms with Gasteiger partial charge in [0.05, 0.1) is 23.8 Å². The van der Waals surface area contributed by atoms with E-state index in [9.17, 15) is 9.18 Å². The summed E-state index contributed by atoms with van der Waals surface area (Å²) in [6, 6.07) is 15.9. The molecule has 0 spiro atoms. The van der Waals surface area contributed by atoms with Gasteiger partial charge in [0.1, 0.15) is 5.82 Å². The van der Waals surface area contributed by atoms with Gasteiger partial charge in [-0.25, -0.2) is 9.37 Å². The molecule has 28 heavy (non-hydrogen) atoms. The van der Waals surface area contributed by atoms with Gasteiger partial charge >= 0.3 is 0 Å². The molecule has 2 aromatic carbocycles. The number of aromatic nitrogens is 3. The third-order valence-corrected chi connectivity index (χ3v) is 4.84. The molecule has 1 heterocycles. The van der Waals surface area contributed by atoms with E-state index in [-0.39, 0.29) is 18.1 Å². The fourth-order valence-electron chi connectivity index (χ4n) is 2.57. The minimum absolute atomic E-state index is 0.105. The first kappa shape index (κ1) is 19.6. The number of nitrogens with one attached hydrogen (secondary N) is 1. The highest BCUT2D eigenvalue weighted by Gasteiger charge is 2.17. The lowest BCUT2D eigenvalue weighted by Crippen LogP contribution is -2.33. The van der Waals surface area contributed by atoms with Gasteiger partial charge in [-0.05, 0) is 31.2 Å². The van der Waals surface area contributed by atoms with Crippen LogP contribution in [0.3, 0.4) is 0 Å². The molecule has 142 valence electrons. The predicted octanol–water partition coefficient (Wildman–Crippen LogP) is 3.96. The van der Waals surface area contributed by atoms with Crippen molar-refractivity contribution in [3.8, 4) is 17.5 Å². The van der Waals surface area contributed by atoms with E-state index in [0.29, 0.717) is 23.1 Å². The smallest absolute Gasteiger partial charge is 0.237 e. The lowest BCUT2D eigenvalue weighted by molar-refractivity contribution is -0.116. The maximum atomic E-state index is 13.9. The van der Waals surface area contributed by atoms with Gasteiger partial charge in [0.15, 0.2) is 5.82 Å². The highest BCUT2D eigenvalue weighted by atomic mass is 32.2. The molecule has 8 heteroatoms. The van der Waals surface area contributed by atoms with Crippen molar-refractivity contribution < 1.29 is 9.18 Å². The number of thioether (sulfide) groups is 1. The number of carbonyl (C=O) groups is 1. The molecule has 0 saturated heterocycles. The Balaban J connectivity index is 1.68. The summed E-state index contributed by atoms with van der Waals surface area (Å²) < 4.78 is 13.9. The van der Waals surface area contributed by atoms with Crippen molar-refractivity contribution in [1.82, 2.24) is 15.2 Å². The molecule has 0 fully saturated rings. The van der Waals surface area contributed by atoms with Crippen molar-refractivity contribution in [2.75, 3.05) is 17.2 Å². The van der Waals surface area contributed by atoms with Gasteiger partial charge in [-0.3, -0.25) is 9.89 Å². The zero-order valence-corrected chi connectivity index (χ0v) is 16.0. The van der Waals surface area contributed by atoms with E-state index in [2.05, 4.69) is 21.3 Å². The molecule has 0 atom stereocenters. The summed E-state index contributed by atoms with van der Waals surface area (Å²) in [5, 5.41) is 16.0. The fraction of sp³-hybridized carbons (Fsp3) is 0.200. The molecule has 1 N–H and O–H groups in total. The number of hydrogen-bond acceptors (Lipinski definition) is 5. The monoisotopic (exact) mass is 395 g/mol. The lowest BCUT2D eigenvalue weighted by Gasteiger charge is -2.21. The molecule has 0 aliphatic carbocycles. The molecule has 0 saturated carbocycles. The maximum absolute atomic E-state index is 13.9. The van der Waals surface area contributed by atoms with Crippen molar-refractivity contribution >= 4 is 23.4 Å². The fourth-order valence-corrected chi connectivity index (χ4v) is 3.25. The van der Waals surface area contributed by atoms with E-state index >= 15 is 0 Å². The molecular weight excluding hydrogens is 377 g/mol. The van der Waals surface area contributed by atoms with Gasteiger partial charge in [-0.15, -0.1) is 5.10 Å². The average molecular weight is 395 g/mol. The van der Waals surface area contributed by atoms with Crippen molar-refractivity contribution in [2.24, 2.45) is 0 Å². The third kappa shape index (κ3) is 4.75. The van der Waals surface area contributed by atoms with Crippen LogP contribution in [-0.4, -0.2) is 33.4 Å². The minimum Gasteiger partial charge on any atom is -0.311 e. The Hall–Kier alpha value is -3.18. The molecule has 0 unspecified atom stereocenters. The Labute approximate surface area is 166 Å². The molecule has 3 aromatic rings. The van der Waals surface area contributed by atoms with E-state index in [1.807, 2.05) is 31.2 Å². The second-order valence-electron chi connectivity index (χ2n) is 6.02. The quantitative estimate of drug-likeness (QED) is 0.612. The summed E-state index contributed by atoms with van der Waals surface area (Å²) in [5.41, 5.74) is 2.16.